The Morgan fingerprint density at radius 2 is 1.66 bits per heavy atom. The largest absolute Gasteiger partial charge is 0.508 e. The van der Waals surface area contributed by atoms with Gasteiger partial charge in [-0.2, -0.15) is 0 Å². The number of phenols is 1. The number of aromatic nitrogens is 1. The summed E-state index contributed by atoms with van der Waals surface area (Å²) in [6.07, 6.45) is 0.0841. The number of fused-ring (bicyclic) bond motifs is 1. The highest BCUT2D eigenvalue weighted by Crippen LogP contribution is 2.27. The van der Waals surface area contributed by atoms with Crippen LogP contribution in [-0.4, -0.2) is 52.0 Å². The standard InChI is InChI=1S/C29H24N2O7/c1-16(32)18-4-3-5-19(13-18)20-8-11-24-22(14-20)23(28(35)36)15-25(30-24)27(34)31-26(29(37)38-2)12-17-6-9-21(33)10-7-17/h3-11,13-15,26,33H,12H2,1-2H3,(H,31,34)(H,35,36)/t26-/m0/s1. The molecule has 4 rings (SSSR count). The zero-order valence-corrected chi connectivity index (χ0v) is 20.6. The van der Waals surface area contributed by atoms with Crippen LogP contribution in [0.4, 0.5) is 0 Å². The second-order valence-electron chi connectivity index (χ2n) is 8.65. The molecule has 1 amide bonds. The number of pyridine rings is 1. The Bertz CT molecular complexity index is 1560. The minimum Gasteiger partial charge on any atom is -0.508 e. The maximum atomic E-state index is 13.1. The first-order valence-corrected chi connectivity index (χ1v) is 11.6. The Kier molecular flexibility index (Phi) is 7.48. The number of ketones is 1. The number of benzene rings is 3. The van der Waals surface area contributed by atoms with Gasteiger partial charge in [0.25, 0.3) is 5.91 Å². The van der Waals surface area contributed by atoms with Gasteiger partial charge in [-0.25, -0.2) is 14.6 Å². The van der Waals surface area contributed by atoms with E-state index in [1.54, 1.807) is 48.5 Å². The summed E-state index contributed by atoms with van der Waals surface area (Å²) in [6, 6.07) is 18.2. The van der Waals surface area contributed by atoms with Crippen LogP contribution in [0, 0.1) is 0 Å². The highest BCUT2D eigenvalue weighted by Gasteiger charge is 2.25. The van der Waals surface area contributed by atoms with Gasteiger partial charge in [0.05, 0.1) is 18.2 Å². The van der Waals surface area contributed by atoms with E-state index in [9.17, 15) is 29.4 Å². The van der Waals surface area contributed by atoms with Crippen LogP contribution in [0.25, 0.3) is 22.0 Å². The molecule has 0 spiro atoms. The molecule has 0 aliphatic carbocycles. The summed E-state index contributed by atoms with van der Waals surface area (Å²) in [4.78, 5) is 53.7. The van der Waals surface area contributed by atoms with Gasteiger partial charge in [0.15, 0.2) is 5.78 Å². The van der Waals surface area contributed by atoms with Gasteiger partial charge >= 0.3 is 11.9 Å². The number of ether oxygens (including phenoxy) is 1. The highest BCUT2D eigenvalue weighted by molar-refractivity contribution is 6.07. The molecule has 38 heavy (non-hydrogen) atoms. The average Bonchev–Trinajstić information content (AvgIpc) is 2.92. The number of carboxylic acid groups (broad SMARTS) is 1. The molecule has 1 aromatic heterocycles. The van der Waals surface area contributed by atoms with Gasteiger partial charge in [-0.3, -0.25) is 9.59 Å². The number of carboxylic acids is 1. The van der Waals surface area contributed by atoms with E-state index < -0.39 is 23.9 Å². The van der Waals surface area contributed by atoms with Crippen LogP contribution < -0.4 is 5.32 Å². The maximum Gasteiger partial charge on any atom is 0.336 e. The van der Waals surface area contributed by atoms with E-state index in [1.165, 1.54) is 26.2 Å². The van der Waals surface area contributed by atoms with Crippen LogP contribution in [0.5, 0.6) is 5.75 Å². The van der Waals surface area contributed by atoms with Crippen LogP contribution in [-0.2, 0) is 16.0 Å². The SMILES string of the molecule is COC(=O)[C@H](Cc1ccc(O)cc1)NC(=O)c1cc(C(=O)O)c2cc(-c3cccc(C(C)=O)c3)ccc2n1. The molecule has 0 aliphatic rings. The molecule has 0 radical (unpaired) electrons. The first-order chi connectivity index (χ1) is 18.2. The van der Waals surface area contributed by atoms with Crippen molar-refractivity contribution in [2.24, 2.45) is 0 Å². The smallest absolute Gasteiger partial charge is 0.336 e. The monoisotopic (exact) mass is 512 g/mol. The predicted octanol–water partition coefficient (Wildman–Crippen LogP) is 4.02. The molecular weight excluding hydrogens is 488 g/mol. The average molecular weight is 513 g/mol. The van der Waals surface area contributed by atoms with E-state index in [4.69, 9.17) is 4.74 Å². The van der Waals surface area contributed by atoms with Crippen molar-refractivity contribution in [1.29, 1.82) is 0 Å². The molecule has 0 saturated carbocycles. The van der Waals surface area contributed by atoms with E-state index in [0.29, 0.717) is 22.1 Å². The lowest BCUT2D eigenvalue weighted by molar-refractivity contribution is -0.142. The second kappa shape index (κ2) is 10.9. The number of aromatic carboxylic acids is 1. The summed E-state index contributed by atoms with van der Waals surface area (Å²) in [7, 11) is 1.19. The maximum absolute atomic E-state index is 13.1. The molecule has 1 heterocycles. The Balaban J connectivity index is 1.68. The van der Waals surface area contributed by atoms with Crippen LogP contribution in [0.3, 0.4) is 0 Å². The number of hydrogen-bond donors (Lipinski definition) is 3. The minimum atomic E-state index is -1.25. The number of hydrogen-bond acceptors (Lipinski definition) is 7. The van der Waals surface area contributed by atoms with Gasteiger partial charge in [-0.15, -0.1) is 0 Å². The lowest BCUT2D eigenvalue weighted by Crippen LogP contribution is -2.43. The molecule has 0 unspecified atom stereocenters. The Morgan fingerprint density at radius 1 is 0.947 bits per heavy atom. The van der Waals surface area contributed by atoms with E-state index in [-0.39, 0.29) is 34.7 Å². The fourth-order valence-corrected chi connectivity index (χ4v) is 4.05. The Hall–Kier alpha value is -5.05. The van der Waals surface area contributed by atoms with Gasteiger partial charge in [-0.05, 0) is 60.0 Å². The molecular formula is C29H24N2O7. The van der Waals surface area contributed by atoms with Gasteiger partial charge < -0.3 is 20.3 Å². The van der Waals surface area contributed by atoms with Gasteiger partial charge in [0.1, 0.15) is 17.5 Å². The van der Waals surface area contributed by atoms with E-state index >= 15 is 0 Å². The number of rotatable bonds is 8. The summed E-state index contributed by atoms with van der Waals surface area (Å²) in [5, 5.41) is 22.3. The number of carbonyl (C=O) groups excluding carboxylic acids is 3. The molecule has 0 fully saturated rings. The van der Waals surface area contributed by atoms with Crippen molar-refractivity contribution in [1.82, 2.24) is 10.3 Å². The van der Waals surface area contributed by atoms with Crippen LogP contribution in [0.2, 0.25) is 0 Å². The Morgan fingerprint density at radius 3 is 2.32 bits per heavy atom. The van der Waals surface area contributed by atoms with Gasteiger partial charge in [0, 0.05) is 17.4 Å². The summed E-state index contributed by atoms with van der Waals surface area (Å²) < 4.78 is 4.82. The van der Waals surface area contributed by atoms with Crippen molar-refractivity contribution < 1.29 is 34.1 Å². The predicted molar refractivity (Wildman–Crippen MR) is 139 cm³/mol. The summed E-state index contributed by atoms with van der Waals surface area (Å²) in [6.45, 7) is 1.47. The number of esters is 1. The third kappa shape index (κ3) is 5.67. The number of phenolic OH excluding ortho intramolecular Hbond substituents is 1. The van der Waals surface area contributed by atoms with Crippen LogP contribution in [0.15, 0.2) is 72.8 Å². The molecule has 1 atom stereocenters. The third-order valence-electron chi connectivity index (χ3n) is 6.04. The minimum absolute atomic E-state index is 0.0590. The summed E-state index contributed by atoms with van der Waals surface area (Å²) in [5.74, 6) is -2.73. The third-order valence-corrected chi connectivity index (χ3v) is 6.04. The van der Waals surface area contributed by atoms with E-state index in [0.717, 1.165) is 11.6 Å². The summed E-state index contributed by atoms with van der Waals surface area (Å²) >= 11 is 0. The molecule has 0 aliphatic heterocycles. The van der Waals surface area contributed by atoms with Crippen molar-refractivity contribution in [3.63, 3.8) is 0 Å². The Labute approximate surface area is 217 Å². The number of nitrogens with one attached hydrogen (secondary N) is 1. The molecule has 3 aromatic carbocycles. The molecule has 0 saturated heterocycles. The zero-order valence-electron chi connectivity index (χ0n) is 20.6. The summed E-state index contributed by atoms with van der Waals surface area (Å²) in [5.41, 5.74) is 2.55. The van der Waals surface area contributed by atoms with Crippen LogP contribution in [0.1, 0.15) is 43.7 Å². The quantitative estimate of drug-likeness (QED) is 0.237. The highest BCUT2D eigenvalue weighted by atomic mass is 16.5. The normalized spacial score (nSPS) is 11.5. The first kappa shape index (κ1) is 26.0. The van der Waals surface area contributed by atoms with Crippen LogP contribution >= 0.6 is 0 Å². The molecule has 3 N–H and O–H groups in total. The lowest BCUT2D eigenvalue weighted by Gasteiger charge is -2.17. The van der Waals surface area contributed by atoms with Gasteiger partial charge in [0.2, 0.25) is 0 Å². The molecule has 0 bridgehead atoms. The molecule has 4 aromatic rings. The fourth-order valence-electron chi connectivity index (χ4n) is 4.05. The molecule has 9 heteroatoms. The number of amides is 1. The lowest BCUT2D eigenvalue weighted by atomic mass is 9.98. The molecule has 9 nitrogen and oxygen atoms in total. The van der Waals surface area contributed by atoms with Crippen molar-refractivity contribution in [3.8, 4) is 16.9 Å². The van der Waals surface area contributed by atoms with Crippen molar-refractivity contribution in [2.45, 2.75) is 19.4 Å². The zero-order chi connectivity index (χ0) is 27.4. The number of nitrogens with zero attached hydrogens (tertiary/aromatic N) is 1. The van der Waals surface area contributed by atoms with Crippen molar-refractivity contribution in [3.05, 3.63) is 95.2 Å². The number of methoxy groups -OCH3 is 1. The second-order valence-corrected chi connectivity index (χ2v) is 8.65. The first-order valence-electron chi connectivity index (χ1n) is 11.6. The fraction of sp³-hybridized carbons (Fsp3) is 0.138. The van der Waals surface area contributed by atoms with Crippen molar-refractivity contribution >= 4 is 34.5 Å². The topological polar surface area (TPSA) is 143 Å². The van der Waals surface area contributed by atoms with Gasteiger partial charge in [-0.1, -0.05) is 36.4 Å². The van der Waals surface area contributed by atoms with E-state index in [2.05, 4.69) is 10.3 Å². The van der Waals surface area contributed by atoms with E-state index in [1.807, 2.05) is 6.07 Å². The number of aromatic hydroxyl groups is 1. The number of Topliss-reactive ketones (excluding diaryl/α,β-unsaturated/α-hetero) is 1. The molecule has 192 valence electrons. The van der Waals surface area contributed by atoms with Crippen molar-refractivity contribution in [2.75, 3.05) is 7.11 Å². The number of carbonyl (C=O) groups is 4.